The predicted molar refractivity (Wildman–Crippen MR) is 122 cm³/mol. The van der Waals surface area contributed by atoms with Gasteiger partial charge in [-0.05, 0) is 37.6 Å². The van der Waals surface area contributed by atoms with Crippen molar-refractivity contribution in [3.05, 3.63) is 63.1 Å². The van der Waals surface area contributed by atoms with Crippen molar-refractivity contribution in [3.8, 4) is 16.3 Å². The largest absolute Gasteiger partial charge is 0.486 e. The molecule has 1 N–H and O–H groups in total. The quantitative estimate of drug-likeness (QED) is 0.313. The number of carboxylic acids is 1. The van der Waals surface area contributed by atoms with Crippen molar-refractivity contribution in [1.29, 1.82) is 0 Å². The third kappa shape index (κ3) is 5.17. The highest BCUT2D eigenvalue weighted by molar-refractivity contribution is 7.19. The Bertz CT molecular complexity index is 1310. The fraction of sp³-hybridized carbons (Fsp3) is 0.261. The number of aliphatic carboxylic acids is 1. The summed E-state index contributed by atoms with van der Waals surface area (Å²) < 4.78 is 45.5. The van der Waals surface area contributed by atoms with E-state index in [1.54, 1.807) is 0 Å². The summed E-state index contributed by atoms with van der Waals surface area (Å²) in [5.74, 6) is -0.179. The minimum Gasteiger partial charge on any atom is -0.486 e. The molecule has 0 saturated carbocycles. The van der Waals surface area contributed by atoms with Gasteiger partial charge in [0.2, 0.25) is 0 Å². The third-order valence-corrected chi connectivity index (χ3v) is 7.32. The number of aryl methyl sites for hydroxylation is 3. The van der Waals surface area contributed by atoms with Gasteiger partial charge >= 0.3 is 12.1 Å². The van der Waals surface area contributed by atoms with Crippen molar-refractivity contribution >= 4 is 38.9 Å². The maximum absolute atomic E-state index is 12.8. The second-order valence-electron chi connectivity index (χ2n) is 7.45. The highest BCUT2D eigenvalue weighted by Crippen LogP contribution is 2.37. The van der Waals surface area contributed by atoms with Crippen LogP contribution < -0.4 is 4.74 Å². The summed E-state index contributed by atoms with van der Waals surface area (Å²) in [6, 6.07) is 8.75. The number of alkyl halides is 3. The number of aromatic nitrogens is 2. The smallest absolute Gasteiger partial charge is 0.416 e. The first-order valence-electron chi connectivity index (χ1n) is 9.99. The molecule has 0 radical (unpaired) electrons. The van der Waals surface area contributed by atoms with Gasteiger partial charge in [-0.2, -0.15) is 13.2 Å². The number of thiazole rings is 2. The van der Waals surface area contributed by atoms with E-state index in [1.807, 2.05) is 26.0 Å². The van der Waals surface area contributed by atoms with Gasteiger partial charge in [0.05, 0.1) is 37.8 Å². The van der Waals surface area contributed by atoms with E-state index >= 15 is 0 Å². The van der Waals surface area contributed by atoms with Crippen LogP contribution in [-0.4, -0.2) is 21.0 Å². The molecule has 0 spiro atoms. The lowest BCUT2D eigenvalue weighted by molar-refractivity contribution is -0.138. The Morgan fingerprint density at radius 1 is 1.06 bits per heavy atom. The van der Waals surface area contributed by atoms with E-state index in [1.165, 1.54) is 34.8 Å². The number of ether oxygens (including phenoxy) is 1. The number of fused-ring (bicyclic) bond motifs is 1. The number of carboxylic acid groups (broad SMARTS) is 1. The number of hydrogen-bond acceptors (Lipinski definition) is 6. The first kappa shape index (κ1) is 23.2. The molecule has 4 aromatic rings. The zero-order valence-corrected chi connectivity index (χ0v) is 19.3. The maximum atomic E-state index is 12.8. The first-order valence-corrected chi connectivity index (χ1v) is 11.6. The minimum atomic E-state index is -4.38. The molecule has 0 saturated heterocycles. The van der Waals surface area contributed by atoms with Crippen LogP contribution in [0.1, 0.15) is 33.1 Å². The molecule has 0 fully saturated rings. The number of halogens is 3. The van der Waals surface area contributed by atoms with Crippen molar-refractivity contribution in [2.24, 2.45) is 0 Å². The summed E-state index contributed by atoms with van der Waals surface area (Å²) in [5.41, 5.74) is 2.37. The molecule has 0 bridgehead atoms. The van der Waals surface area contributed by atoms with Crippen molar-refractivity contribution in [2.75, 3.05) is 0 Å². The Labute approximate surface area is 195 Å². The molecular weight excluding hydrogens is 473 g/mol. The predicted octanol–water partition coefficient (Wildman–Crippen LogP) is 6.65. The van der Waals surface area contributed by atoms with Gasteiger partial charge < -0.3 is 9.84 Å². The van der Waals surface area contributed by atoms with Gasteiger partial charge in [-0.3, -0.25) is 4.79 Å². The second kappa shape index (κ2) is 9.11. The lowest BCUT2D eigenvalue weighted by atomic mass is 10.1. The standard InChI is InChI=1S/C23H19F3N2O3S2/c1-12-3-8-16-21(33-18(28-16)9-10-19(29)30)20(12)31-11-17-13(2)27-22(32-17)14-4-6-15(7-5-14)23(24,25)26/h3-8H,9-11H2,1-2H3,(H,29,30). The first-order chi connectivity index (χ1) is 15.6. The highest BCUT2D eigenvalue weighted by atomic mass is 32.1. The highest BCUT2D eigenvalue weighted by Gasteiger charge is 2.30. The van der Waals surface area contributed by atoms with E-state index in [4.69, 9.17) is 9.84 Å². The topological polar surface area (TPSA) is 72.3 Å². The van der Waals surface area contributed by atoms with E-state index in [0.29, 0.717) is 22.7 Å². The van der Waals surface area contributed by atoms with Gasteiger partial charge in [0.1, 0.15) is 17.4 Å². The average molecular weight is 493 g/mol. The molecule has 172 valence electrons. The molecule has 0 amide bonds. The molecule has 33 heavy (non-hydrogen) atoms. The van der Waals surface area contributed by atoms with E-state index in [9.17, 15) is 18.0 Å². The van der Waals surface area contributed by atoms with Crippen LogP contribution in [0.2, 0.25) is 0 Å². The summed E-state index contributed by atoms with van der Waals surface area (Å²) in [6.07, 6.45) is -4.00. The van der Waals surface area contributed by atoms with Crippen molar-refractivity contribution in [1.82, 2.24) is 9.97 Å². The monoisotopic (exact) mass is 492 g/mol. The van der Waals surface area contributed by atoms with Crippen LogP contribution in [0, 0.1) is 13.8 Å². The van der Waals surface area contributed by atoms with Crippen LogP contribution in [0.3, 0.4) is 0 Å². The van der Waals surface area contributed by atoms with Crippen LogP contribution in [0.5, 0.6) is 5.75 Å². The molecule has 10 heteroatoms. The number of benzene rings is 2. The maximum Gasteiger partial charge on any atom is 0.416 e. The fourth-order valence-electron chi connectivity index (χ4n) is 3.24. The number of carbonyl (C=O) groups is 1. The van der Waals surface area contributed by atoms with Gasteiger partial charge in [0, 0.05) is 12.0 Å². The molecule has 0 aliphatic rings. The van der Waals surface area contributed by atoms with Crippen molar-refractivity contribution < 1.29 is 27.8 Å². The van der Waals surface area contributed by atoms with Crippen molar-refractivity contribution in [2.45, 2.75) is 39.5 Å². The summed E-state index contributed by atoms with van der Waals surface area (Å²) in [5, 5.41) is 10.3. The molecular formula is C23H19F3N2O3S2. The molecule has 4 rings (SSSR count). The van der Waals surface area contributed by atoms with E-state index < -0.39 is 17.7 Å². The van der Waals surface area contributed by atoms with Crippen LogP contribution in [0.25, 0.3) is 20.8 Å². The number of nitrogens with zero attached hydrogens (tertiary/aromatic N) is 2. The number of rotatable bonds is 7. The lowest BCUT2D eigenvalue weighted by Gasteiger charge is -2.09. The van der Waals surface area contributed by atoms with E-state index in [-0.39, 0.29) is 13.0 Å². The average Bonchev–Trinajstić information content (AvgIpc) is 3.34. The van der Waals surface area contributed by atoms with Crippen LogP contribution in [0.4, 0.5) is 13.2 Å². The number of hydrogen-bond donors (Lipinski definition) is 1. The Morgan fingerprint density at radius 2 is 1.79 bits per heavy atom. The van der Waals surface area contributed by atoms with Crippen LogP contribution in [0.15, 0.2) is 36.4 Å². The Kier molecular flexibility index (Phi) is 6.40. The van der Waals surface area contributed by atoms with Crippen LogP contribution >= 0.6 is 22.7 Å². The molecule has 2 heterocycles. The summed E-state index contributed by atoms with van der Waals surface area (Å²) in [7, 11) is 0. The molecule has 0 aliphatic carbocycles. The van der Waals surface area contributed by atoms with Gasteiger partial charge in [0.25, 0.3) is 0 Å². The molecule has 0 aliphatic heterocycles. The Balaban J connectivity index is 1.54. The molecule has 2 aromatic carbocycles. The van der Waals surface area contributed by atoms with E-state index in [0.717, 1.165) is 43.5 Å². The Morgan fingerprint density at radius 3 is 2.45 bits per heavy atom. The Hall–Kier alpha value is -2.98. The minimum absolute atomic E-state index is 0.0157. The zero-order chi connectivity index (χ0) is 23.8. The lowest BCUT2D eigenvalue weighted by Crippen LogP contribution is -2.03. The van der Waals surface area contributed by atoms with Gasteiger partial charge in [-0.15, -0.1) is 22.7 Å². The summed E-state index contributed by atoms with van der Waals surface area (Å²) >= 11 is 2.80. The fourth-order valence-corrected chi connectivity index (χ4v) is 5.33. The molecule has 5 nitrogen and oxygen atoms in total. The zero-order valence-electron chi connectivity index (χ0n) is 17.7. The van der Waals surface area contributed by atoms with Crippen molar-refractivity contribution in [3.63, 3.8) is 0 Å². The third-order valence-electron chi connectivity index (χ3n) is 5.01. The van der Waals surface area contributed by atoms with Crippen LogP contribution in [-0.2, 0) is 24.0 Å². The second-order valence-corrected chi connectivity index (χ2v) is 9.62. The molecule has 2 aromatic heterocycles. The van der Waals surface area contributed by atoms with Gasteiger partial charge in [0.15, 0.2) is 0 Å². The normalized spacial score (nSPS) is 11.8. The van der Waals surface area contributed by atoms with E-state index in [2.05, 4.69) is 9.97 Å². The van der Waals surface area contributed by atoms with Gasteiger partial charge in [-0.1, -0.05) is 18.2 Å². The SMILES string of the molecule is Cc1ccc2nc(CCC(=O)O)sc2c1OCc1sc(-c2ccc(C(F)(F)F)cc2)nc1C. The van der Waals surface area contributed by atoms with Gasteiger partial charge in [-0.25, -0.2) is 9.97 Å². The summed E-state index contributed by atoms with van der Waals surface area (Å²) in [4.78, 5) is 20.8. The summed E-state index contributed by atoms with van der Waals surface area (Å²) in [6.45, 7) is 4.03. The molecule has 0 unspecified atom stereocenters. The molecule has 0 atom stereocenters.